The Labute approximate surface area is 114 Å². The minimum absolute atomic E-state index is 0.140. The summed E-state index contributed by atoms with van der Waals surface area (Å²) in [6.07, 6.45) is 7.27. The van der Waals surface area contributed by atoms with E-state index in [1.165, 1.54) is 13.8 Å². The number of hydrogen-bond acceptors (Lipinski definition) is 5. The molecule has 0 saturated carbocycles. The van der Waals surface area contributed by atoms with Gasteiger partial charge >= 0.3 is 11.9 Å². The summed E-state index contributed by atoms with van der Waals surface area (Å²) in [5.74, 6) is -0.909. The van der Waals surface area contributed by atoms with Crippen molar-refractivity contribution >= 4 is 17.7 Å². The zero-order valence-electron chi connectivity index (χ0n) is 11.6. The average Bonchev–Trinajstić information content (AvgIpc) is 2.30. The number of Topliss-reactive ketones (excluding diaryl/α,β-unsaturated/α-hetero) is 1. The molecular formula is C14H22O5. The van der Waals surface area contributed by atoms with Crippen molar-refractivity contribution in [2.45, 2.75) is 46.0 Å². The summed E-state index contributed by atoms with van der Waals surface area (Å²) in [4.78, 5) is 32.1. The highest BCUT2D eigenvalue weighted by Gasteiger charge is 2.05. The van der Waals surface area contributed by atoms with Crippen LogP contribution in [0.5, 0.6) is 0 Å². The van der Waals surface area contributed by atoms with Crippen LogP contribution in [0.3, 0.4) is 0 Å². The normalized spacial score (nSPS) is 10.4. The fourth-order valence-electron chi connectivity index (χ4n) is 1.33. The van der Waals surface area contributed by atoms with Crippen LogP contribution in [0.15, 0.2) is 12.2 Å². The monoisotopic (exact) mass is 270 g/mol. The molecule has 5 nitrogen and oxygen atoms in total. The van der Waals surface area contributed by atoms with Crippen molar-refractivity contribution in [1.29, 1.82) is 0 Å². The molecule has 0 aliphatic carbocycles. The highest BCUT2D eigenvalue weighted by Crippen LogP contribution is 2.02. The maximum Gasteiger partial charge on any atom is 0.313 e. The first-order valence-corrected chi connectivity index (χ1v) is 6.45. The van der Waals surface area contributed by atoms with Crippen molar-refractivity contribution in [3.63, 3.8) is 0 Å². The van der Waals surface area contributed by atoms with Crippen molar-refractivity contribution in [2.75, 3.05) is 13.2 Å². The number of rotatable bonds is 10. The van der Waals surface area contributed by atoms with Gasteiger partial charge in [0.05, 0.1) is 6.61 Å². The van der Waals surface area contributed by atoms with E-state index in [0.717, 1.165) is 25.7 Å². The second kappa shape index (κ2) is 11.4. The number of ether oxygens (including phenoxy) is 2. The topological polar surface area (TPSA) is 69.7 Å². The van der Waals surface area contributed by atoms with Gasteiger partial charge in [-0.05, 0) is 32.6 Å². The molecule has 108 valence electrons. The van der Waals surface area contributed by atoms with Gasteiger partial charge in [0.2, 0.25) is 0 Å². The van der Waals surface area contributed by atoms with Crippen molar-refractivity contribution < 1.29 is 23.9 Å². The van der Waals surface area contributed by atoms with E-state index in [4.69, 9.17) is 9.47 Å². The van der Waals surface area contributed by atoms with Crippen LogP contribution in [-0.2, 0) is 23.9 Å². The molecule has 0 bridgehead atoms. The Bertz CT molecular complexity index is 320. The molecule has 0 unspecified atom stereocenters. The van der Waals surface area contributed by atoms with Crippen LogP contribution in [-0.4, -0.2) is 30.9 Å². The molecule has 19 heavy (non-hydrogen) atoms. The van der Waals surface area contributed by atoms with Crippen molar-refractivity contribution in [1.82, 2.24) is 0 Å². The van der Waals surface area contributed by atoms with Crippen molar-refractivity contribution in [3.8, 4) is 0 Å². The van der Waals surface area contributed by atoms with Gasteiger partial charge in [-0.25, -0.2) is 0 Å². The molecule has 5 heteroatoms. The third-order valence-corrected chi connectivity index (χ3v) is 2.22. The molecule has 0 heterocycles. The molecule has 0 saturated heterocycles. The Morgan fingerprint density at radius 3 is 2.32 bits per heavy atom. The first-order chi connectivity index (χ1) is 9.02. The summed E-state index contributed by atoms with van der Waals surface area (Å²) in [6, 6.07) is 0. The molecule has 0 aromatic rings. The lowest BCUT2D eigenvalue weighted by Crippen LogP contribution is -2.09. The zero-order valence-corrected chi connectivity index (χ0v) is 11.6. The molecule has 0 fully saturated rings. The zero-order chi connectivity index (χ0) is 14.5. The predicted octanol–water partition coefficient (Wildman–Crippen LogP) is 2.19. The second-order valence-corrected chi connectivity index (χ2v) is 4.22. The van der Waals surface area contributed by atoms with E-state index in [1.807, 2.05) is 12.2 Å². The van der Waals surface area contributed by atoms with Crippen LogP contribution >= 0.6 is 0 Å². The van der Waals surface area contributed by atoms with E-state index in [9.17, 15) is 14.4 Å². The van der Waals surface area contributed by atoms with E-state index < -0.39 is 5.97 Å². The number of unbranched alkanes of at least 4 members (excludes halogenated alkanes) is 3. The average molecular weight is 270 g/mol. The van der Waals surface area contributed by atoms with E-state index in [0.29, 0.717) is 13.2 Å². The number of ketones is 1. The fourth-order valence-corrected chi connectivity index (χ4v) is 1.33. The standard InChI is InChI=1S/C14H22O5/c1-12(15)11-14(17)19-10-8-6-4-3-5-7-9-18-13(2)16/h5,7H,3-4,6,8-11H2,1-2H3/b7-5+. The highest BCUT2D eigenvalue weighted by molar-refractivity contribution is 5.94. The van der Waals surface area contributed by atoms with Gasteiger partial charge in [0.15, 0.2) is 0 Å². The van der Waals surface area contributed by atoms with Crippen LogP contribution in [0.1, 0.15) is 46.0 Å². The van der Waals surface area contributed by atoms with Gasteiger partial charge in [0, 0.05) is 6.92 Å². The van der Waals surface area contributed by atoms with Gasteiger partial charge < -0.3 is 9.47 Å². The summed E-state index contributed by atoms with van der Waals surface area (Å²) in [5, 5.41) is 0. The number of esters is 2. The lowest BCUT2D eigenvalue weighted by Gasteiger charge is -2.02. The molecule has 0 amide bonds. The SMILES string of the molecule is CC(=O)CC(=O)OCCCCC/C=C/COC(C)=O. The van der Waals surface area contributed by atoms with Crippen LogP contribution < -0.4 is 0 Å². The van der Waals surface area contributed by atoms with Gasteiger partial charge in [0.1, 0.15) is 18.8 Å². The maximum atomic E-state index is 11.0. The third-order valence-electron chi connectivity index (χ3n) is 2.22. The lowest BCUT2D eigenvalue weighted by molar-refractivity contribution is -0.146. The number of allylic oxidation sites excluding steroid dienone is 1. The molecular weight excluding hydrogens is 248 g/mol. The molecule has 0 aliphatic rings. The molecule has 0 radical (unpaired) electrons. The molecule has 0 aliphatic heterocycles. The summed E-state index contributed by atoms with van der Waals surface area (Å²) in [7, 11) is 0. The highest BCUT2D eigenvalue weighted by atomic mass is 16.5. The van der Waals surface area contributed by atoms with Gasteiger partial charge in [-0.2, -0.15) is 0 Å². The Kier molecular flexibility index (Phi) is 10.4. The number of carbonyl (C=O) groups is 3. The molecule has 0 aromatic heterocycles. The number of hydrogen-bond donors (Lipinski definition) is 0. The lowest BCUT2D eigenvalue weighted by atomic mass is 10.2. The Morgan fingerprint density at radius 1 is 0.947 bits per heavy atom. The van der Waals surface area contributed by atoms with Crippen LogP contribution in [0.4, 0.5) is 0 Å². The maximum absolute atomic E-state index is 11.0. The van der Waals surface area contributed by atoms with Crippen LogP contribution in [0.2, 0.25) is 0 Å². The molecule has 0 spiro atoms. The summed E-state index contributed by atoms with van der Waals surface area (Å²) >= 11 is 0. The quantitative estimate of drug-likeness (QED) is 0.263. The van der Waals surface area contributed by atoms with Crippen molar-refractivity contribution in [2.24, 2.45) is 0 Å². The van der Waals surface area contributed by atoms with Gasteiger partial charge in [-0.15, -0.1) is 0 Å². The molecule has 0 atom stereocenters. The Morgan fingerprint density at radius 2 is 1.68 bits per heavy atom. The summed E-state index contributed by atoms with van der Waals surface area (Å²) in [5.41, 5.74) is 0. The van der Waals surface area contributed by atoms with E-state index in [-0.39, 0.29) is 18.2 Å². The summed E-state index contributed by atoms with van der Waals surface area (Å²) < 4.78 is 9.62. The van der Waals surface area contributed by atoms with E-state index >= 15 is 0 Å². The smallest absolute Gasteiger partial charge is 0.313 e. The summed E-state index contributed by atoms with van der Waals surface area (Å²) in [6.45, 7) is 3.42. The molecule has 0 N–H and O–H groups in total. The first kappa shape index (κ1) is 17.4. The van der Waals surface area contributed by atoms with Gasteiger partial charge in [-0.3, -0.25) is 14.4 Å². The fraction of sp³-hybridized carbons (Fsp3) is 0.643. The second-order valence-electron chi connectivity index (χ2n) is 4.22. The van der Waals surface area contributed by atoms with Crippen LogP contribution in [0, 0.1) is 0 Å². The van der Waals surface area contributed by atoms with Crippen LogP contribution in [0.25, 0.3) is 0 Å². The predicted molar refractivity (Wildman–Crippen MR) is 70.5 cm³/mol. The Balaban J connectivity index is 3.29. The van der Waals surface area contributed by atoms with Gasteiger partial charge in [0.25, 0.3) is 0 Å². The van der Waals surface area contributed by atoms with E-state index in [2.05, 4.69) is 0 Å². The molecule has 0 aromatic carbocycles. The largest absolute Gasteiger partial charge is 0.465 e. The third kappa shape index (κ3) is 14.3. The molecule has 0 rings (SSSR count). The minimum atomic E-state index is -0.450. The number of carbonyl (C=O) groups excluding carboxylic acids is 3. The first-order valence-electron chi connectivity index (χ1n) is 6.45. The van der Waals surface area contributed by atoms with Gasteiger partial charge in [-0.1, -0.05) is 12.2 Å². The minimum Gasteiger partial charge on any atom is -0.465 e. The van der Waals surface area contributed by atoms with Crippen molar-refractivity contribution in [3.05, 3.63) is 12.2 Å². The van der Waals surface area contributed by atoms with E-state index in [1.54, 1.807) is 0 Å². The Hall–Kier alpha value is -1.65.